The van der Waals surface area contributed by atoms with E-state index in [0.29, 0.717) is 11.4 Å². The SMILES string of the molecule is C[n+]1c2cc(NC3OC[C@@H](O)[C@@H](O)[C@H]3O)ccc2cc2ccc(NC3OC[C@@H](O)[C@@H](O)[C@H]3O)cc21.[Cl-]. The number of hydrogen-bond donors (Lipinski definition) is 8. The van der Waals surface area contributed by atoms with Gasteiger partial charge in [-0.15, -0.1) is 0 Å². The summed E-state index contributed by atoms with van der Waals surface area (Å²) in [5, 5.41) is 67.7. The Labute approximate surface area is 212 Å². The smallest absolute Gasteiger partial charge is 0.214 e. The molecule has 2 aromatic carbocycles. The van der Waals surface area contributed by atoms with Crippen LogP contribution < -0.4 is 27.6 Å². The molecule has 5 rings (SSSR count). The Hall–Kier alpha value is -2.32. The van der Waals surface area contributed by atoms with Gasteiger partial charge in [-0.2, -0.15) is 4.57 Å². The fraction of sp³-hybridized carbons (Fsp3) is 0.458. The van der Waals surface area contributed by atoms with Gasteiger partial charge in [0.05, 0.1) is 13.2 Å². The maximum atomic E-state index is 10.2. The second-order valence-corrected chi connectivity index (χ2v) is 9.14. The Morgan fingerprint density at radius 3 is 1.50 bits per heavy atom. The number of hydrogen-bond acceptors (Lipinski definition) is 10. The van der Waals surface area contributed by atoms with Crippen molar-refractivity contribution < 1.29 is 57.1 Å². The number of rotatable bonds is 4. The summed E-state index contributed by atoms with van der Waals surface area (Å²) in [4.78, 5) is 0. The van der Waals surface area contributed by atoms with Crippen LogP contribution in [0.25, 0.3) is 21.8 Å². The molecule has 12 heteroatoms. The highest BCUT2D eigenvalue weighted by atomic mass is 35.5. The maximum absolute atomic E-state index is 10.2. The third-order valence-corrected chi connectivity index (χ3v) is 6.71. The zero-order valence-electron chi connectivity index (χ0n) is 19.4. The van der Waals surface area contributed by atoms with Gasteiger partial charge in [-0.25, -0.2) is 0 Å². The van der Waals surface area contributed by atoms with Crippen LogP contribution in [0.2, 0.25) is 0 Å². The van der Waals surface area contributed by atoms with Crippen LogP contribution in [0.15, 0.2) is 42.5 Å². The Bertz CT molecular complexity index is 1140. The Morgan fingerprint density at radius 1 is 0.667 bits per heavy atom. The van der Waals surface area contributed by atoms with Crippen LogP contribution in [-0.2, 0) is 16.5 Å². The van der Waals surface area contributed by atoms with Gasteiger partial charge in [0, 0.05) is 34.3 Å². The van der Waals surface area contributed by atoms with Crippen LogP contribution in [0, 0.1) is 0 Å². The van der Waals surface area contributed by atoms with Gasteiger partial charge in [-0.05, 0) is 30.3 Å². The van der Waals surface area contributed by atoms with E-state index in [1.165, 1.54) is 0 Å². The van der Waals surface area contributed by atoms with E-state index in [1.54, 1.807) is 0 Å². The van der Waals surface area contributed by atoms with E-state index in [0.717, 1.165) is 21.8 Å². The maximum Gasteiger partial charge on any atom is 0.214 e. The molecule has 0 saturated carbocycles. The molecule has 2 unspecified atom stereocenters. The number of ether oxygens (including phenoxy) is 2. The molecule has 1 aromatic heterocycles. The zero-order chi connectivity index (χ0) is 24.9. The first kappa shape index (κ1) is 26.7. The standard InChI is InChI=1S/C24H29N3O8.ClH/c1-27-15-7-13(25-23-21(32)19(30)17(28)9-34-23)4-2-11(15)6-12-3-5-14(8-16(12)27)26-24-22(33)20(31)18(29)10-35-24;/h2-8,17-24,28-33H,9-10H2,1H3,(H,25,26);1H/t17-,18-,19-,20-,21-,22-,23?,24?;/m1./s1. The lowest BCUT2D eigenvalue weighted by Gasteiger charge is -2.36. The summed E-state index contributed by atoms with van der Waals surface area (Å²) < 4.78 is 12.9. The van der Waals surface area contributed by atoms with E-state index < -0.39 is 49.1 Å². The normalized spacial score (nSPS) is 32.8. The molecule has 0 radical (unpaired) electrons. The number of nitrogens with zero attached hydrogens (tertiary/aromatic N) is 1. The number of halogens is 1. The number of benzene rings is 2. The summed E-state index contributed by atoms with van der Waals surface area (Å²) in [5.74, 6) is 0. The second-order valence-electron chi connectivity index (χ2n) is 9.14. The van der Waals surface area contributed by atoms with E-state index >= 15 is 0 Å². The number of aliphatic hydroxyl groups excluding tert-OH is 6. The van der Waals surface area contributed by atoms with Crippen molar-refractivity contribution in [2.24, 2.45) is 7.05 Å². The monoisotopic (exact) mass is 523 g/mol. The molecule has 2 saturated heterocycles. The highest BCUT2D eigenvalue weighted by Gasteiger charge is 2.38. The number of aromatic nitrogens is 1. The van der Waals surface area contributed by atoms with Crippen molar-refractivity contribution >= 4 is 33.2 Å². The molecule has 3 heterocycles. The third kappa shape index (κ3) is 4.94. The van der Waals surface area contributed by atoms with Crippen molar-refractivity contribution in [1.82, 2.24) is 0 Å². The quantitative estimate of drug-likeness (QED) is 0.123. The molecular formula is C24H30ClN3O8. The van der Waals surface area contributed by atoms with Gasteiger partial charge in [-0.3, -0.25) is 0 Å². The van der Waals surface area contributed by atoms with Crippen LogP contribution in [-0.4, -0.2) is 92.9 Å². The molecule has 0 aliphatic carbocycles. The van der Waals surface area contributed by atoms with Crippen molar-refractivity contribution in [2.45, 2.75) is 49.1 Å². The fourth-order valence-electron chi connectivity index (χ4n) is 4.58. The number of aliphatic hydroxyl groups is 6. The molecule has 2 fully saturated rings. The third-order valence-electron chi connectivity index (χ3n) is 6.71. The van der Waals surface area contributed by atoms with Crippen LogP contribution in [0.3, 0.4) is 0 Å². The first-order valence-corrected chi connectivity index (χ1v) is 11.4. The topological polar surface area (TPSA) is 168 Å². The number of fused-ring (bicyclic) bond motifs is 2. The molecule has 2 aliphatic rings. The van der Waals surface area contributed by atoms with Gasteiger partial charge in [0.15, 0.2) is 12.5 Å². The molecule has 0 amide bonds. The minimum atomic E-state index is -1.30. The van der Waals surface area contributed by atoms with Crippen molar-refractivity contribution in [2.75, 3.05) is 23.8 Å². The van der Waals surface area contributed by atoms with Gasteiger partial charge in [0.1, 0.15) is 43.7 Å². The van der Waals surface area contributed by atoms with Crippen LogP contribution in [0.4, 0.5) is 11.4 Å². The van der Waals surface area contributed by atoms with Gasteiger partial charge in [0.25, 0.3) is 0 Å². The van der Waals surface area contributed by atoms with Crippen molar-refractivity contribution in [3.63, 3.8) is 0 Å². The van der Waals surface area contributed by atoms with E-state index in [-0.39, 0.29) is 25.6 Å². The van der Waals surface area contributed by atoms with Crippen LogP contribution >= 0.6 is 0 Å². The average molecular weight is 524 g/mol. The molecular weight excluding hydrogens is 494 g/mol. The Balaban J connectivity index is 0.00000304. The molecule has 3 aromatic rings. The van der Waals surface area contributed by atoms with E-state index in [1.807, 2.05) is 54.1 Å². The minimum Gasteiger partial charge on any atom is -1.00 e. The summed E-state index contributed by atoms with van der Waals surface area (Å²) >= 11 is 0. The lowest BCUT2D eigenvalue weighted by atomic mass is 10.0. The van der Waals surface area contributed by atoms with Crippen LogP contribution in [0.1, 0.15) is 0 Å². The minimum absolute atomic E-state index is 0. The summed E-state index contributed by atoms with van der Waals surface area (Å²) in [5.41, 5.74) is 3.11. The fourth-order valence-corrected chi connectivity index (χ4v) is 4.58. The van der Waals surface area contributed by atoms with Crippen LogP contribution in [0.5, 0.6) is 0 Å². The summed E-state index contributed by atoms with van der Waals surface area (Å²) in [6.07, 6.45) is -9.20. The number of pyridine rings is 1. The van der Waals surface area contributed by atoms with E-state index in [2.05, 4.69) is 10.6 Å². The van der Waals surface area contributed by atoms with Crippen molar-refractivity contribution in [3.8, 4) is 0 Å². The lowest BCUT2D eigenvalue weighted by molar-refractivity contribution is -0.617. The second kappa shape index (κ2) is 10.6. The number of nitrogens with one attached hydrogen (secondary N) is 2. The molecule has 2 aliphatic heterocycles. The molecule has 196 valence electrons. The van der Waals surface area contributed by atoms with Gasteiger partial charge < -0.3 is 63.2 Å². The largest absolute Gasteiger partial charge is 1.00 e. The van der Waals surface area contributed by atoms with Gasteiger partial charge in [0.2, 0.25) is 11.0 Å². The first-order valence-electron chi connectivity index (χ1n) is 11.4. The molecule has 8 N–H and O–H groups in total. The van der Waals surface area contributed by atoms with Crippen molar-refractivity contribution in [1.29, 1.82) is 0 Å². The van der Waals surface area contributed by atoms with E-state index in [4.69, 9.17) is 9.47 Å². The zero-order valence-corrected chi connectivity index (χ0v) is 20.2. The van der Waals surface area contributed by atoms with Gasteiger partial charge >= 0.3 is 0 Å². The number of anilines is 2. The Morgan fingerprint density at radius 2 is 1.08 bits per heavy atom. The first-order chi connectivity index (χ1) is 16.7. The Kier molecular flexibility index (Phi) is 7.86. The summed E-state index contributed by atoms with van der Waals surface area (Å²) in [7, 11) is 1.91. The predicted molar refractivity (Wildman–Crippen MR) is 125 cm³/mol. The molecule has 8 atom stereocenters. The molecule has 11 nitrogen and oxygen atoms in total. The highest BCUT2D eigenvalue weighted by Crippen LogP contribution is 2.26. The van der Waals surface area contributed by atoms with Crippen molar-refractivity contribution in [3.05, 3.63) is 42.5 Å². The summed E-state index contributed by atoms with van der Waals surface area (Å²) in [6.45, 7) is -0.180. The van der Waals surface area contributed by atoms with Gasteiger partial charge in [-0.1, -0.05) is 0 Å². The molecule has 0 spiro atoms. The highest BCUT2D eigenvalue weighted by molar-refractivity contribution is 5.91. The average Bonchev–Trinajstić information content (AvgIpc) is 2.85. The lowest BCUT2D eigenvalue weighted by Crippen LogP contribution is -3.00. The predicted octanol–water partition coefficient (Wildman–Crippen LogP) is -4.48. The molecule has 36 heavy (non-hydrogen) atoms. The summed E-state index contributed by atoms with van der Waals surface area (Å²) in [6, 6.07) is 13.4. The van der Waals surface area contributed by atoms with E-state index in [9.17, 15) is 30.6 Å². The molecule has 0 bridgehead atoms. The number of aryl methyl sites for hydroxylation is 1.